The average molecular weight is 377 g/mol. The van der Waals surface area contributed by atoms with E-state index in [0.29, 0.717) is 22.7 Å². The van der Waals surface area contributed by atoms with Gasteiger partial charge in [-0.1, -0.05) is 17.8 Å². The van der Waals surface area contributed by atoms with Crippen LogP contribution in [0, 0.1) is 18.6 Å². The molecule has 2 heterocycles. The summed E-state index contributed by atoms with van der Waals surface area (Å²) < 4.78 is 32.9. The zero-order valence-corrected chi connectivity index (χ0v) is 14.2. The number of carbonyl (C=O) groups is 1. The van der Waals surface area contributed by atoms with E-state index in [9.17, 15) is 18.7 Å². The number of nitrogens with zero attached hydrogens (tertiary/aromatic N) is 4. The lowest BCUT2D eigenvalue weighted by Crippen LogP contribution is -2.24. The topological polar surface area (TPSA) is 96.3 Å². The van der Waals surface area contributed by atoms with E-state index < -0.39 is 17.6 Å². The van der Waals surface area contributed by atoms with E-state index in [-0.39, 0.29) is 10.9 Å². The maximum Gasteiger partial charge on any atom is 0.212 e. The molecule has 1 aromatic carbocycles. The molecule has 0 radical (unpaired) electrons. The van der Waals surface area contributed by atoms with Crippen LogP contribution in [-0.4, -0.2) is 32.8 Å². The molecule has 0 N–H and O–H groups in total. The third-order valence-corrected chi connectivity index (χ3v) is 4.19. The van der Waals surface area contributed by atoms with Gasteiger partial charge in [0, 0.05) is 5.75 Å². The lowest BCUT2D eigenvalue weighted by atomic mass is 10.2. The van der Waals surface area contributed by atoms with Crippen molar-refractivity contribution < 1.29 is 23.1 Å². The second-order valence-corrected chi connectivity index (χ2v) is 6.03. The molecule has 0 bridgehead atoms. The first-order valence-corrected chi connectivity index (χ1v) is 8.26. The van der Waals surface area contributed by atoms with Crippen molar-refractivity contribution in [1.29, 1.82) is 0 Å². The van der Waals surface area contributed by atoms with Crippen molar-refractivity contribution in [1.82, 2.24) is 14.9 Å². The van der Waals surface area contributed by atoms with Gasteiger partial charge in [0.25, 0.3) is 0 Å². The van der Waals surface area contributed by atoms with E-state index in [4.69, 9.17) is 4.42 Å². The number of carboxylic acid groups (broad SMARTS) is 1. The van der Waals surface area contributed by atoms with Gasteiger partial charge < -0.3 is 14.3 Å². The van der Waals surface area contributed by atoms with Crippen LogP contribution in [0.3, 0.4) is 0 Å². The number of hydrogen-bond acceptors (Lipinski definition) is 7. The zero-order valence-electron chi connectivity index (χ0n) is 13.3. The minimum atomic E-state index is -1.27. The van der Waals surface area contributed by atoms with Crippen molar-refractivity contribution in [3.63, 3.8) is 0 Å². The number of furan rings is 1. The van der Waals surface area contributed by atoms with Crippen LogP contribution in [0.1, 0.15) is 11.3 Å². The van der Waals surface area contributed by atoms with E-state index in [1.54, 1.807) is 13.0 Å². The highest BCUT2D eigenvalue weighted by Gasteiger charge is 2.17. The normalized spacial score (nSPS) is 11.3. The minimum Gasteiger partial charge on any atom is -0.549 e. The van der Waals surface area contributed by atoms with Gasteiger partial charge >= 0.3 is 0 Å². The Morgan fingerprint density at radius 3 is 2.81 bits per heavy atom. The van der Waals surface area contributed by atoms with Gasteiger partial charge in [-0.25, -0.2) is 8.78 Å². The smallest absolute Gasteiger partial charge is 0.212 e. The Hall–Kier alpha value is -3.01. The molecule has 2 aromatic heterocycles. The quantitative estimate of drug-likeness (QED) is 0.480. The number of aliphatic carboxylic acids is 1. The van der Waals surface area contributed by atoms with E-state index in [1.165, 1.54) is 23.2 Å². The number of halogens is 2. The Kier molecular flexibility index (Phi) is 5.12. The highest BCUT2D eigenvalue weighted by Crippen LogP contribution is 2.26. The van der Waals surface area contributed by atoms with Crippen LogP contribution in [0.4, 0.5) is 8.78 Å². The van der Waals surface area contributed by atoms with Crippen molar-refractivity contribution in [2.24, 2.45) is 5.10 Å². The van der Waals surface area contributed by atoms with E-state index in [0.717, 1.165) is 23.9 Å². The molecule has 3 aromatic rings. The third kappa shape index (κ3) is 3.80. The Morgan fingerprint density at radius 2 is 2.15 bits per heavy atom. The highest BCUT2D eigenvalue weighted by molar-refractivity contribution is 7.99. The molecule has 0 fully saturated rings. The molecular formula is C16H11F2N4O3S-. The van der Waals surface area contributed by atoms with Crippen LogP contribution in [-0.2, 0) is 4.79 Å². The van der Waals surface area contributed by atoms with E-state index >= 15 is 0 Å². The first-order chi connectivity index (χ1) is 12.5. The molecular weight excluding hydrogens is 366 g/mol. The van der Waals surface area contributed by atoms with Crippen molar-refractivity contribution in [3.05, 3.63) is 53.5 Å². The standard InChI is InChI=1S/C16H12F2N4O3S/c1-9-11(4-5-25-9)15-20-21-16(26-8-14(23)24)22(15)19-7-10-2-3-12(17)13(18)6-10/h2-7H,8H2,1H3,(H,23,24)/p-1/b19-7-. The zero-order chi connectivity index (χ0) is 18.7. The molecule has 7 nitrogen and oxygen atoms in total. The van der Waals surface area contributed by atoms with Crippen LogP contribution in [0.15, 0.2) is 45.2 Å². The van der Waals surface area contributed by atoms with Crippen molar-refractivity contribution in [2.75, 3.05) is 5.75 Å². The van der Waals surface area contributed by atoms with Crippen LogP contribution < -0.4 is 5.11 Å². The van der Waals surface area contributed by atoms with Gasteiger partial charge in [0.15, 0.2) is 17.5 Å². The summed E-state index contributed by atoms with van der Waals surface area (Å²) in [4.78, 5) is 10.7. The SMILES string of the molecule is Cc1occc1-c1nnc(SCC(=O)[O-])n1/N=C\c1ccc(F)c(F)c1. The van der Waals surface area contributed by atoms with Crippen LogP contribution >= 0.6 is 11.8 Å². The van der Waals surface area contributed by atoms with Crippen LogP contribution in [0.2, 0.25) is 0 Å². The maximum absolute atomic E-state index is 13.3. The first kappa shape index (κ1) is 17.8. The number of thioether (sulfide) groups is 1. The number of aryl methyl sites for hydroxylation is 1. The van der Waals surface area contributed by atoms with Crippen molar-refractivity contribution in [2.45, 2.75) is 12.1 Å². The maximum atomic E-state index is 13.3. The largest absolute Gasteiger partial charge is 0.549 e. The summed E-state index contributed by atoms with van der Waals surface area (Å²) in [5, 5.41) is 23.0. The number of hydrogen-bond donors (Lipinski definition) is 0. The molecule has 0 atom stereocenters. The summed E-state index contributed by atoms with van der Waals surface area (Å²) in [6, 6.07) is 4.98. The Bertz CT molecular complexity index is 984. The summed E-state index contributed by atoms with van der Waals surface area (Å²) in [6.07, 6.45) is 2.75. The molecule has 3 rings (SSSR count). The van der Waals surface area contributed by atoms with Gasteiger partial charge in [0.2, 0.25) is 5.16 Å². The molecule has 0 saturated carbocycles. The van der Waals surface area contributed by atoms with Crippen LogP contribution in [0.25, 0.3) is 11.4 Å². The highest BCUT2D eigenvalue weighted by atomic mass is 32.2. The third-order valence-electron chi connectivity index (χ3n) is 3.30. The van der Waals surface area contributed by atoms with Gasteiger partial charge in [-0.15, -0.1) is 10.2 Å². The predicted molar refractivity (Wildman–Crippen MR) is 87.5 cm³/mol. The summed E-state index contributed by atoms with van der Waals surface area (Å²) in [5.41, 5.74) is 0.920. The van der Waals surface area contributed by atoms with Gasteiger partial charge in [-0.2, -0.15) is 9.78 Å². The van der Waals surface area contributed by atoms with Gasteiger partial charge in [-0.3, -0.25) is 0 Å². The van der Waals surface area contributed by atoms with Gasteiger partial charge in [0.05, 0.1) is 24.0 Å². The second-order valence-electron chi connectivity index (χ2n) is 5.09. The molecule has 0 unspecified atom stereocenters. The Labute approximate surface area is 150 Å². The second kappa shape index (κ2) is 7.48. The number of carbonyl (C=O) groups excluding carboxylic acids is 1. The molecule has 0 aliphatic rings. The molecule has 0 aliphatic heterocycles. The molecule has 0 spiro atoms. The van der Waals surface area contributed by atoms with Gasteiger partial charge in [-0.05, 0) is 30.7 Å². The fraction of sp³-hybridized carbons (Fsp3) is 0.125. The Balaban J connectivity index is 2.00. The van der Waals surface area contributed by atoms with E-state index in [1.807, 2.05) is 0 Å². The number of carboxylic acids is 1. The predicted octanol–water partition coefficient (Wildman–Crippen LogP) is 1.85. The summed E-state index contributed by atoms with van der Waals surface area (Å²) in [5.74, 6) is -2.70. The monoisotopic (exact) mass is 377 g/mol. The van der Waals surface area contributed by atoms with Crippen LogP contribution in [0.5, 0.6) is 0 Å². The number of rotatable bonds is 6. The molecule has 26 heavy (non-hydrogen) atoms. The lowest BCUT2D eigenvalue weighted by molar-refractivity contribution is -0.301. The van der Waals surface area contributed by atoms with E-state index in [2.05, 4.69) is 15.3 Å². The lowest BCUT2D eigenvalue weighted by Gasteiger charge is -2.04. The molecule has 10 heteroatoms. The first-order valence-electron chi connectivity index (χ1n) is 7.27. The molecule has 0 aliphatic carbocycles. The Morgan fingerprint density at radius 1 is 1.35 bits per heavy atom. The van der Waals surface area contributed by atoms with Crippen molar-refractivity contribution in [3.8, 4) is 11.4 Å². The summed E-state index contributed by atoms with van der Waals surface area (Å²) >= 11 is 0.869. The average Bonchev–Trinajstić information content (AvgIpc) is 3.19. The van der Waals surface area contributed by atoms with Gasteiger partial charge in [0.1, 0.15) is 5.76 Å². The molecule has 134 valence electrons. The molecule has 0 amide bonds. The fourth-order valence-electron chi connectivity index (χ4n) is 2.09. The molecule has 0 saturated heterocycles. The summed E-state index contributed by atoms with van der Waals surface area (Å²) in [7, 11) is 0. The number of benzene rings is 1. The fourth-order valence-corrected chi connectivity index (χ4v) is 2.69. The number of aromatic nitrogens is 3. The van der Waals surface area contributed by atoms with Crippen molar-refractivity contribution >= 4 is 23.9 Å². The summed E-state index contributed by atoms with van der Waals surface area (Å²) in [6.45, 7) is 1.72. The minimum absolute atomic E-state index is 0.198.